The topological polar surface area (TPSA) is 55.1 Å². The second-order valence-electron chi connectivity index (χ2n) is 5.51. The average Bonchev–Trinajstić information content (AvgIpc) is 2.96. The summed E-state index contributed by atoms with van der Waals surface area (Å²) in [6.07, 6.45) is 6.96. The van der Waals surface area contributed by atoms with Gasteiger partial charge in [-0.15, -0.1) is 0 Å². The van der Waals surface area contributed by atoms with E-state index in [1.807, 2.05) is 30.3 Å². The van der Waals surface area contributed by atoms with Crippen molar-refractivity contribution in [3.63, 3.8) is 0 Å². The second kappa shape index (κ2) is 7.29. The van der Waals surface area contributed by atoms with Crippen molar-refractivity contribution in [3.05, 3.63) is 35.9 Å². The van der Waals surface area contributed by atoms with Gasteiger partial charge in [-0.2, -0.15) is 0 Å². The van der Waals surface area contributed by atoms with Gasteiger partial charge in [-0.3, -0.25) is 4.79 Å². The first kappa shape index (κ1) is 14.1. The summed E-state index contributed by atoms with van der Waals surface area (Å²) in [5.74, 6) is 0.909. The maximum atomic E-state index is 11.8. The number of hydrogen-bond acceptors (Lipinski definition) is 2. The molecule has 2 rings (SSSR count). The highest BCUT2D eigenvalue weighted by atomic mass is 16.1. The quantitative estimate of drug-likeness (QED) is 0.826. The third kappa shape index (κ3) is 4.67. The lowest BCUT2D eigenvalue weighted by Crippen LogP contribution is -2.31. The molecule has 3 N–H and O–H groups in total. The number of hydrogen-bond donors (Lipinski definition) is 2. The summed E-state index contributed by atoms with van der Waals surface area (Å²) in [6.45, 7) is 0.521. The summed E-state index contributed by atoms with van der Waals surface area (Å²) in [5.41, 5.74) is 7.12. The van der Waals surface area contributed by atoms with E-state index in [9.17, 15) is 4.79 Å². The van der Waals surface area contributed by atoms with Crippen molar-refractivity contribution in [2.24, 2.45) is 11.7 Å². The van der Waals surface area contributed by atoms with Gasteiger partial charge in [0.15, 0.2) is 0 Å². The maximum absolute atomic E-state index is 11.8. The highest BCUT2D eigenvalue weighted by Crippen LogP contribution is 2.28. The van der Waals surface area contributed by atoms with Crippen LogP contribution < -0.4 is 11.1 Å². The molecule has 1 aromatic rings. The highest BCUT2D eigenvalue weighted by molar-refractivity contribution is 5.75. The van der Waals surface area contributed by atoms with Gasteiger partial charge in [-0.05, 0) is 17.9 Å². The minimum absolute atomic E-state index is 0.114. The van der Waals surface area contributed by atoms with Crippen LogP contribution in [0.15, 0.2) is 30.3 Å². The van der Waals surface area contributed by atoms with E-state index < -0.39 is 0 Å². The van der Waals surface area contributed by atoms with Gasteiger partial charge in [0.1, 0.15) is 0 Å². The van der Waals surface area contributed by atoms with Crippen molar-refractivity contribution in [3.8, 4) is 0 Å². The van der Waals surface area contributed by atoms with Crippen LogP contribution in [0.3, 0.4) is 0 Å². The lowest BCUT2D eigenvalue weighted by atomic mass is 10.0. The van der Waals surface area contributed by atoms with Crippen molar-refractivity contribution in [2.45, 2.75) is 44.6 Å². The van der Waals surface area contributed by atoms with E-state index in [1.165, 1.54) is 25.7 Å². The first-order chi connectivity index (χ1) is 9.25. The van der Waals surface area contributed by atoms with E-state index in [0.29, 0.717) is 13.0 Å². The third-order valence-electron chi connectivity index (χ3n) is 4.00. The first-order valence-electron chi connectivity index (χ1n) is 7.33. The van der Waals surface area contributed by atoms with Gasteiger partial charge in [0.25, 0.3) is 0 Å². The van der Waals surface area contributed by atoms with Crippen LogP contribution in [0, 0.1) is 5.92 Å². The molecule has 1 saturated carbocycles. The van der Waals surface area contributed by atoms with Gasteiger partial charge in [0, 0.05) is 19.0 Å². The van der Waals surface area contributed by atoms with E-state index in [0.717, 1.165) is 17.9 Å². The molecule has 0 saturated heterocycles. The van der Waals surface area contributed by atoms with Gasteiger partial charge >= 0.3 is 0 Å². The number of benzene rings is 1. The minimum Gasteiger partial charge on any atom is -0.354 e. The molecule has 1 aliphatic carbocycles. The standard InChI is InChI=1S/C16H24N2O/c17-15(14-8-2-1-3-9-14)12-18-16(19)11-10-13-6-4-5-7-13/h1-3,8-9,13,15H,4-7,10-12,17H2,(H,18,19). The molecule has 1 amide bonds. The van der Waals surface area contributed by atoms with Gasteiger partial charge in [0.05, 0.1) is 0 Å². The maximum Gasteiger partial charge on any atom is 0.220 e. The molecule has 0 bridgehead atoms. The van der Waals surface area contributed by atoms with Gasteiger partial charge in [0.2, 0.25) is 5.91 Å². The molecule has 1 unspecified atom stereocenters. The normalized spacial score (nSPS) is 17.3. The summed E-state index contributed by atoms with van der Waals surface area (Å²) in [6, 6.07) is 9.78. The van der Waals surface area contributed by atoms with Crippen molar-refractivity contribution in [2.75, 3.05) is 6.54 Å². The zero-order valence-electron chi connectivity index (χ0n) is 11.5. The van der Waals surface area contributed by atoms with E-state index >= 15 is 0 Å². The molecule has 3 heteroatoms. The Balaban J connectivity index is 1.65. The molecule has 0 spiro atoms. The molecule has 0 aliphatic heterocycles. The van der Waals surface area contributed by atoms with E-state index in [4.69, 9.17) is 5.73 Å². The van der Waals surface area contributed by atoms with Gasteiger partial charge in [-0.25, -0.2) is 0 Å². The Hall–Kier alpha value is -1.35. The Kier molecular flexibility index (Phi) is 5.40. The average molecular weight is 260 g/mol. The van der Waals surface area contributed by atoms with Crippen LogP contribution in [-0.2, 0) is 4.79 Å². The van der Waals surface area contributed by atoms with Crippen LogP contribution in [0.5, 0.6) is 0 Å². The molecule has 1 atom stereocenters. The molecular formula is C16H24N2O. The van der Waals surface area contributed by atoms with Crippen molar-refractivity contribution < 1.29 is 4.79 Å². The van der Waals surface area contributed by atoms with Crippen LogP contribution in [-0.4, -0.2) is 12.5 Å². The fourth-order valence-corrected chi connectivity index (χ4v) is 2.76. The summed E-state index contributed by atoms with van der Waals surface area (Å²) >= 11 is 0. The summed E-state index contributed by atoms with van der Waals surface area (Å²) in [4.78, 5) is 11.8. The Morgan fingerprint density at radius 1 is 1.26 bits per heavy atom. The van der Waals surface area contributed by atoms with Crippen molar-refractivity contribution in [1.82, 2.24) is 5.32 Å². The van der Waals surface area contributed by atoms with E-state index in [1.54, 1.807) is 0 Å². The molecule has 0 heterocycles. The fourth-order valence-electron chi connectivity index (χ4n) is 2.76. The number of nitrogens with two attached hydrogens (primary N) is 1. The predicted octanol–water partition coefficient (Wildman–Crippen LogP) is 2.77. The molecule has 1 aliphatic rings. The van der Waals surface area contributed by atoms with Gasteiger partial charge in [-0.1, -0.05) is 56.0 Å². The Morgan fingerprint density at radius 3 is 2.63 bits per heavy atom. The van der Waals surface area contributed by atoms with Crippen molar-refractivity contribution in [1.29, 1.82) is 0 Å². The molecule has 3 nitrogen and oxygen atoms in total. The van der Waals surface area contributed by atoms with Crippen LogP contribution >= 0.6 is 0 Å². The largest absolute Gasteiger partial charge is 0.354 e. The second-order valence-corrected chi connectivity index (χ2v) is 5.51. The number of nitrogens with one attached hydrogen (secondary N) is 1. The lowest BCUT2D eigenvalue weighted by Gasteiger charge is -2.14. The van der Waals surface area contributed by atoms with Crippen LogP contribution in [0.4, 0.5) is 0 Å². The van der Waals surface area contributed by atoms with Crippen LogP contribution in [0.2, 0.25) is 0 Å². The van der Waals surface area contributed by atoms with Crippen molar-refractivity contribution >= 4 is 5.91 Å². The van der Waals surface area contributed by atoms with Crippen LogP contribution in [0.25, 0.3) is 0 Å². The van der Waals surface area contributed by atoms with Gasteiger partial charge < -0.3 is 11.1 Å². The fraction of sp³-hybridized carbons (Fsp3) is 0.562. The third-order valence-corrected chi connectivity index (χ3v) is 4.00. The number of carbonyl (C=O) groups is 1. The zero-order chi connectivity index (χ0) is 13.5. The molecule has 1 fully saturated rings. The molecule has 1 aromatic carbocycles. The predicted molar refractivity (Wildman–Crippen MR) is 77.6 cm³/mol. The molecule has 0 aromatic heterocycles. The molecular weight excluding hydrogens is 236 g/mol. The molecule has 104 valence electrons. The zero-order valence-corrected chi connectivity index (χ0v) is 11.5. The SMILES string of the molecule is NC(CNC(=O)CCC1CCCC1)c1ccccc1. The first-order valence-corrected chi connectivity index (χ1v) is 7.33. The summed E-state index contributed by atoms with van der Waals surface area (Å²) in [5, 5.41) is 2.94. The monoisotopic (exact) mass is 260 g/mol. The number of carbonyl (C=O) groups excluding carboxylic acids is 1. The number of amides is 1. The smallest absolute Gasteiger partial charge is 0.220 e. The highest BCUT2D eigenvalue weighted by Gasteiger charge is 2.16. The summed E-state index contributed by atoms with van der Waals surface area (Å²) < 4.78 is 0. The van der Waals surface area contributed by atoms with E-state index in [-0.39, 0.29) is 11.9 Å². The molecule has 0 radical (unpaired) electrons. The molecule has 19 heavy (non-hydrogen) atoms. The Bertz CT molecular complexity index is 385. The minimum atomic E-state index is -0.114. The summed E-state index contributed by atoms with van der Waals surface area (Å²) in [7, 11) is 0. The Morgan fingerprint density at radius 2 is 1.95 bits per heavy atom. The van der Waals surface area contributed by atoms with Crippen LogP contribution in [0.1, 0.15) is 50.1 Å². The number of rotatable bonds is 6. The Labute approximate surface area is 115 Å². The van der Waals surface area contributed by atoms with E-state index in [2.05, 4.69) is 5.32 Å². The lowest BCUT2D eigenvalue weighted by molar-refractivity contribution is -0.121.